The van der Waals surface area contributed by atoms with Gasteiger partial charge in [-0.3, -0.25) is 9.59 Å². The number of rotatable bonds is 8. The Hall–Kier alpha value is -3.43. The first-order chi connectivity index (χ1) is 17.1. The summed E-state index contributed by atoms with van der Waals surface area (Å²) in [6.45, 7) is 11.3. The van der Waals surface area contributed by atoms with Gasteiger partial charge in [-0.2, -0.15) is 6.41 Å². The molecule has 3 N–H and O–H groups in total. The molecule has 11 heteroatoms. The van der Waals surface area contributed by atoms with Crippen LogP contribution in [0.5, 0.6) is 0 Å². The Kier molecular flexibility index (Phi) is 15.5. The number of hydrogen-bond acceptors (Lipinski definition) is 7. The van der Waals surface area contributed by atoms with E-state index in [1.165, 1.54) is 22.2 Å². The molecular weight excluding hydrogens is 753 g/mol. The number of hydrogen-bond donors (Lipinski definition) is 3. The van der Waals surface area contributed by atoms with Crippen LogP contribution in [0.4, 0.5) is 0 Å². The molecule has 2 atom stereocenters. The maximum absolute atomic E-state index is 12.3. The maximum Gasteiger partial charge on any atom is 0.243 e. The average molecular weight is 793 g/mol. The summed E-state index contributed by atoms with van der Waals surface area (Å²) in [5.41, 5.74) is 4.90. The standard InChI is InChI=1S/C12H21N2O2.C12H12N2OS.C2H6OS.Fm/c1-9-6-5-7-14(9)11(16)10(13-8-15)12(2,3)4;1-9-12(16-8-14-9)11-4-2-10(3-5-11)6-13-7-15;1-4-2-3;/h9-10H,5-7H2,1-4H3,(H,13,15);2-5,7-8H,6H2,1H3,(H,13,15);3H,2H2,1H3;/q-1;;;. The monoisotopic (exact) mass is 792 g/mol. The van der Waals surface area contributed by atoms with Crippen molar-refractivity contribution in [2.45, 2.75) is 66.1 Å². The third kappa shape index (κ3) is 11.0. The number of nitrogens with zero attached hydrogens (tertiary/aromatic N) is 2. The molecule has 37 heavy (non-hydrogen) atoms. The van der Waals surface area contributed by atoms with Gasteiger partial charge in [0.1, 0.15) is 0 Å². The quantitative estimate of drug-likeness (QED) is 0.163. The van der Waals surface area contributed by atoms with Crippen LogP contribution < -0.4 is 10.6 Å². The van der Waals surface area contributed by atoms with Crippen molar-refractivity contribution in [1.82, 2.24) is 20.5 Å². The van der Waals surface area contributed by atoms with E-state index in [2.05, 4.69) is 34.7 Å². The van der Waals surface area contributed by atoms with Gasteiger partial charge in [-0.15, -0.1) is 23.1 Å². The number of carbonyl (C=O) groups is 2. The number of thioether (sulfide) groups is 1. The van der Waals surface area contributed by atoms with Crippen LogP contribution in [0, 0.1) is 12.3 Å². The summed E-state index contributed by atoms with van der Waals surface area (Å²) in [5.74, 6) is 0.251. The Morgan fingerprint density at radius 2 is 1.97 bits per heavy atom. The molecule has 0 radical (unpaired) electrons. The normalized spacial score (nSPS) is 15.1. The molecule has 1 aromatic carbocycles. The maximum atomic E-state index is 12.3. The number of aromatic nitrogens is 1. The van der Waals surface area contributed by atoms with Crippen molar-refractivity contribution in [3.63, 3.8) is 0 Å². The fourth-order valence-electron chi connectivity index (χ4n) is 3.65. The zero-order valence-corrected chi connectivity index (χ0v) is 26.4. The van der Waals surface area contributed by atoms with Crippen molar-refractivity contribution < 1.29 is 19.5 Å². The molecule has 0 spiro atoms. The topological polar surface area (TPSA) is 112 Å². The van der Waals surface area contributed by atoms with E-state index in [1.807, 2.05) is 56.5 Å². The molecule has 1 aliphatic heterocycles. The minimum Gasteiger partial charge on any atom is -0.520 e. The van der Waals surface area contributed by atoms with Crippen molar-refractivity contribution in [3.05, 3.63) is 41.0 Å². The molecule has 0 aliphatic carbocycles. The van der Waals surface area contributed by atoms with Crippen LogP contribution in [-0.2, 0) is 20.9 Å². The van der Waals surface area contributed by atoms with Crippen LogP contribution in [0.15, 0.2) is 29.8 Å². The minimum atomic E-state index is -0.481. The van der Waals surface area contributed by atoms with Crippen molar-refractivity contribution in [2.75, 3.05) is 18.7 Å². The van der Waals surface area contributed by atoms with E-state index in [9.17, 15) is 14.4 Å². The molecule has 3 amide bonds. The van der Waals surface area contributed by atoms with Gasteiger partial charge in [0.25, 0.3) is 0 Å². The number of aliphatic hydroxyl groups is 1. The molecule has 0 saturated carbocycles. The molecule has 2 aromatic rings. The van der Waals surface area contributed by atoms with E-state index in [4.69, 9.17) is 5.11 Å². The van der Waals surface area contributed by atoms with Crippen molar-refractivity contribution in [2.24, 2.45) is 5.41 Å². The summed E-state index contributed by atoms with van der Waals surface area (Å²) in [5, 5.41) is 13.0. The third-order valence-electron chi connectivity index (χ3n) is 5.63. The van der Waals surface area contributed by atoms with Gasteiger partial charge in [0.2, 0.25) is 12.3 Å². The predicted molar refractivity (Wildman–Crippen MR) is 148 cm³/mol. The summed E-state index contributed by atoms with van der Waals surface area (Å²) < 4.78 is 0. The fraction of sp³-hybridized carbons (Fsp3) is 0.538. The number of nitrogens with one attached hydrogen (secondary N) is 2. The fourth-order valence-corrected chi connectivity index (χ4v) is 4.46. The minimum absolute atomic E-state index is 0. The molecule has 0 bridgehead atoms. The Bertz CT molecular complexity index is 933. The van der Waals surface area contributed by atoms with Gasteiger partial charge in [-0.25, -0.2) is 4.98 Å². The number of amides is 3. The van der Waals surface area contributed by atoms with Gasteiger partial charge < -0.3 is 25.4 Å². The number of aliphatic hydroxyl groups excluding tert-OH is 1. The van der Waals surface area contributed by atoms with Crippen LogP contribution in [-0.4, -0.2) is 64.5 Å². The number of benzene rings is 1. The van der Waals surface area contributed by atoms with E-state index in [-0.39, 0.29) is 23.3 Å². The number of aryl methyl sites for hydroxylation is 1. The molecule has 8 nitrogen and oxygen atoms in total. The van der Waals surface area contributed by atoms with E-state index in [0.29, 0.717) is 13.0 Å². The van der Waals surface area contributed by atoms with Gasteiger partial charge in [0.05, 0.1) is 28.1 Å². The van der Waals surface area contributed by atoms with E-state index >= 15 is 0 Å². The van der Waals surface area contributed by atoms with Gasteiger partial charge in [-0.05, 0) is 49.5 Å². The second-order valence-corrected chi connectivity index (χ2v) is 11.1. The van der Waals surface area contributed by atoms with Gasteiger partial charge in [0.15, 0.2) is 0 Å². The first kappa shape index (κ1) is 33.6. The molecule has 1 aliphatic rings. The zero-order chi connectivity index (χ0) is 27.1. The average Bonchev–Trinajstić information content (AvgIpc) is 3.49. The summed E-state index contributed by atoms with van der Waals surface area (Å²) >= 11 is 3.06. The number of likely N-dealkylation sites (tertiary alicyclic amines) is 1. The van der Waals surface area contributed by atoms with E-state index < -0.39 is 6.04 Å². The summed E-state index contributed by atoms with van der Waals surface area (Å²) in [4.78, 5) is 40.2. The van der Waals surface area contributed by atoms with E-state index in [1.54, 1.807) is 17.7 Å². The summed E-state index contributed by atoms with van der Waals surface area (Å²) in [7, 11) is 0. The number of thiazole rings is 1. The SMILES string of the molecule is CC1CCCN1C(=O)C(N[C-]=O)C(C)(C)C.CSCO.Cc1ncsc1-c1ccc(CNC=O)cc1.[Fm]. The third-order valence-corrected chi connectivity index (χ3v) is 6.87. The predicted octanol–water partition coefficient (Wildman–Crippen LogP) is 3.73. The molecule has 1 saturated heterocycles. The largest absolute Gasteiger partial charge is 0.520 e. The molecule has 2 heterocycles. The van der Waals surface area contributed by atoms with Gasteiger partial charge >= 0.3 is 0 Å². The summed E-state index contributed by atoms with van der Waals surface area (Å²) in [6.07, 6.45) is 6.30. The summed E-state index contributed by atoms with van der Waals surface area (Å²) in [6, 6.07) is 7.96. The Morgan fingerprint density at radius 3 is 2.38 bits per heavy atom. The van der Waals surface area contributed by atoms with Crippen molar-refractivity contribution in [1.29, 1.82) is 0 Å². The Labute approximate surface area is 223 Å². The van der Waals surface area contributed by atoms with Crippen LogP contribution in [0.1, 0.15) is 51.8 Å². The Balaban J connectivity index is 0.000000598. The second-order valence-electron chi connectivity index (χ2n) is 9.45. The van der Waals surface area contributed by atoms with Crippen molar-refractivity contribution >= 4 is 41.8 Å². The first-order valence-electron chi connectivity index (χ1n) is 11.8. The van der Waals surface area contributed by atoms with Gasteiger partial charge in [0, 0.05) is 19.1 Å². The van der Waals surface area contributed by atoms with Crippen LogP contribution in [0.2, 0.25) is 0 Å². The van der Waals surface area contributed by atoms with Crippen LogP contribution in [0.3, 0.4) is 0 Å². The molecule has 1 aromatic heterocycles. The van der Waals surface area contributed by atoms with E-state index in [0.717, 1.165) is 30.6 Å². The molecule has 1 fully saturated rings. The smallest absolute Gasteiger partial charge is 0.243 e. The zero-order valence-electron chi connectivity index (χ0n) is 22.3. The number of carbonyl (C=O) groups excluding carboxylic acids is 3. The molecule has 212 valence electrons. The van der Waals surface area contributed by atoms with Crippen LogP contribution >= 0.6 is 23.1 Å². The van der Waals surface area contributed by atoms with Crippen molar-refractivity contribution in [3.8, 4) is 10.4 Å². The Morgan fingerprint density at radius 1 is 1.35 bits per heavy atom. The second kappa shape index (κ2) is 17.1. The van der Waals surface area contributed by atoms with Crippen LogP contribution in [0.25, 0.3) is 10.4 Å². The van der Waals surface area contributed by atoms with Gasteiger partial charge in [-0.1, -0.05) is 45.0 Å². The molecular formula is C26H39FmN4O4S2-. The first-order valence-corrected chi connectivity index (χ1v) is 14.1. The molecule has 2 unspecified atom stereocenters. The molecule has 3 rings (SSSR count).